The van der Waals surface area contributed by atoms with Crippen molar-refractivity contribution in [2.24, 2.45) is 11.8 Å². The molecule has 0 aromatic heterocycles. The fourth-order valence-corrected chi connectivity index (χ4v) is 3.26. The number of carboxylic acid groups (broad SMARTS) is 1. The van der Waals surface area contributed by atoms with Crippen LogP contribution >= 0.6 is 0 Å². The Bertz CT molecular complexity index is 567. The fourth-order valence-electron chi connectivity index (χ4n) is 3.26. The van der Waals surface area contributed by atoms with Crippen LogP contribution in [0.15, 0.2) is 24.3 Å². The zero-order chi connectivity index (χ0) is 15.7. The lowest BCUT2D eigenvalue weighted by Crippen LogP contribution is -2.39. The standard InChI is InChI=1S/C16H18O6/c1-20-10-4-2-9(3-5-10)8-21-16(19)14-12-7-6-11(22-12)13(14)15(17)18/h2-5,11-14H,6-8H2,1H3,(H,17,18)/t11-,12+,13?,14?/m0/s1. The van der Waals surface area contributed by atoms with Gasteiger partial charge in [-0.3, -0.25) is 9.59 Å². The van der Waals surface area contributed by atoms with Crippen LogP contribution in [-0.4, -0.2) is 36.4 Å². The van der Waals surface area contributed by atoms with Crippen LogP contribution in [0.1, 0.15) is 18.4 Å². The number of esters is 1. The molecule has 22 heavy (non-hydrogen) atoms. The number of benzene rings is 1. The van der Waals surface area contributed by atoms with E-state index in [9.17, 15) is 14.7 Å². The van der Waals surface area contributed by atoms with Gasteiger partial charge in [0.1, 0.15) is 12.4 Å². The second kappa shape index (κ2) is 5.96. The summed E-state index contributed by atoms with van der Waals surface area (Å²) in [5.41, 5.74) is 0.824. The van der Waals surface area contributed by atoms with Crippen LogP contribution in [0.4, 0.5) is 0 Å². The summed E-state index contributed by atoms with van der Waals surface area (Å²) in [5, 5.41) is 9.30. The summed E-state index contributed by atoms with van der Waals surface area (Å²) in [6.07, 6.45) is 0.733. The van der Waals surface area contributed by atoms with Crippen LogP contribution in [-0.2, 0) is 25.7 Å². The second-order valence-corrected chi connectivity index (χ2v) is 5.64. The van der Waals surface area contributed by atoms with Crippen LogP contribution in [0, 0.1) is 11.8 Å². The maximum Gasteiger partial charge on any atom is 0.312 e. The summed E-state index contributed by atoms with van der Waals surface area (Å²) in [6.45, 7) is 0.114. The molecule has 2 fully saturated rings. The van der Waals surface area contributed by atoms with Crippen LogP contribution in [0.25, 0.3) is 0 Å². The largest absolute Gasteiger partial charge is 0.497 e. The number of aliphatic carboxylic acids is 1. The summed E-state index contributed by atoms with van der Waals surface area (Å²) in [6, 6.07) is 7.17. The summed E-state index contributed by atoms with van der Waals surface area (Å²) < 4.78 is 15.9. The van der Waals surface area contributed by atoms with Crippen LogP contribution in [0.2, 0.25) is 0 Å². The lowest BCUT2D eigenvalue weighted by Gasteiger charge is -2.23. The summed E-state index contributed by atoms with van der Waals surface area (Å²) >= 11 is 0. The van der Waals surface area contributed by atoms with Gasteiger partial charge >= 0.3 is 11.9 Å². The predicted octanol–water partition coefficient (Wildman–Crippen LogP) is 1.62. The number of hydrogen-bond acceptors (Lipinski definition) is 5. The van der Waals surface area contributed by atoms with Gasteiger partial charge in [-0.05, 0) is 30.5 Å². The molecule has 3 rings (SSSR count). The van der Waals surface area contributed by atoms with Gasteiger partial charge < -0.3 is 19.3 Å². The highest BCUT2D eigenvalue weighted by molar-refractivity contribution is 5.83. The number of hydrogen-bond donors (Lipinski definition) is 1. The molecule has 0 radical (unpaired) electrons. The van der Waals surface area contributed by atoms with E-state index >= 15 is 0 Å². The molecule has 6 heteroatoms. The van der Waals surface area contributed by atoms with Crippen LogP contribution in [0.3, 0.4) is 0 Å². The Morgan fingerprint density at radius 3 is 2.41 bits per heavy atom. The number of methoxy groups -OCH3 is 1. The summed E-state index contributed by atoms with van der Waals surface area (Å²) in [5.74, 6) is -2.24. The predicted molar refractivity (Wildman–Crippen MR) is 75.3 cm³/mol. The van der Waals surface area contributed by atoms with Crippen molar-refractivity contribution in [3.8, 4) is 5.75 Å². The fraction of sp³-hybridized carbons (Fsp3) is 0.500. The van der Waals surface area contributed by atoms with Crippen molar-refractivity contribution in [1.29, 1.82) is 0 Å². The minimum atomic E-state index is -0.987. The van der Waals surface area contributed by atoms with E-state index < -0.39 is 23.8 Å². The maximum absolute atomic E-state index is 12.3. The molecule has 2 unspecified atom stereocenters. The molecule has 2 heterocycles. The van der Waals surface area contributed by atoms with Crippen molar-refractivity contribution < 1.29 is 28.9 Å². The molecule has 0 spiro atoms. The number of carbonyl (C=O) groups excluding carboxylic acids is 1. The van der Waals surface area contributed by atoms with Crippen molar-refractivity contribution in [1.82, 2.24) is 0 Å². The Morgan fingerprint density at radius 1 is 1.18 bits per heavy atom. The number of carbonyl (C=O) groups is 2. The van der Waals surface area contributed by atoms with E-state index in [1.807, 2.05) is 0 Å². The smallest absolute Gasteiger partial charge is 0.312 e. The first-order valence-electron chi connectivity index (χ1n) is 7.28. The van der Waals surface area contributed by atoms with Crippen molar-refractivity contribution in [3.63, 3.8) is 0 Å². The zero-order valence-electron chi connectivity index (χ0n) is 12.2. The minimum absolute atomic E-state index is 0.114. The van der Waals surface area contributed by atoms with Gasteiger partial charge in [0.25, 0.3) is 0 Å². The molecule has 0 aliphatic carbocycles. The lowest BCUT2D eigenvalue weighted by molar-refractivity contribution is -0.159. The van der Waals surface area contributed by atoms with Gasteiger partial charge in [0, 0.05) is 0 Å². The lowest BCUT2D eigenvalue weighted by atomic mass is 9.79. The highest BCUT2D eigenvalue weighted by Gasteiger charge is 2.56. The van der Waals surface area contributed by atoms with Crippen molar-refractivity contribution >= 4 is 11.9 Å². The third-order valence-corrected chi connectivity index (χ3v) is 4.37. The van der Waals surface area contributed by atoms with Gasteiger partial charge in [-0.25, -0.2) is 0 Å². The number of rotatable bonds is 5. The molecule has 1 aromatic rings. The maximum atomic E-state index is 12.3. The van der Waals surface area contributed by atoms with Crippen molar-refractivity contribution in [2.75, 3.05) is 7.11 Å². The topological polar surface area (TPSA) is 82.1 Å². The van der Waals surface area contributed by atoms with Gasteiger partial charge in [0.05, 0.1) is 31.2 Å². The average molecular weight is 306 g/mol. The second-order valence-electron chi connectivity index (χ2n) is 5.64. The zero-order valence-corrected chi connectivity index (χ0v) is 12.2. The molecule has 4 atom stereocenters. The molecular formula is C16H18O6. The van der Waals surface area contributed by atoms with E-state index in [-0.39, 0.29) is 18.8 Å². The van der Waals surface area contributed by atoms with E-state index in [1.165, 1.54) is 0 Å². The number of ether oxygens (including phenoxy) is 3. The molecule has 0 amide bonds. The average Bonchev–Trinajstić information content (AvgIpc) is 3.14. The summed E-state index contributed by atoms with van der Waals surface area (Å²) in [7, 11) is 1.58. The Hall–Kier alpha value is -2.08. The molecule has 2 aliphatic rings. The molecule has 2 bridgehead atoms. The first kappa shape index (κ1) is 14.8. The Labute approximate surface area is 128 Å². The van der Waals surface area contributed by atoms with E-state index in [1.54, 1.807) is 31.4 Å². The van der Waals surface area contributed by atoms with E-state index in [0.717, 1.165) is 17.7 Å². The van der Waals surface area contributed by atoms with Gasteiger partial charge in [-0.1, -0.05) is 12.1 Å². The molecule has 2 aliphatic heterocycles. The van der Waals surface area contributed by atoms with Crippen LogP contribution < -0.4 is 4.74 Å². The molecule has 1 N–H and O–H groups in total. The number of carboxylic acids is 1. The highest BCUT2D eigenvalue weighted by atomic mass is 16.5. The third-order valence-electron chi connectivity index (χ3n) is 4.37. The SMILES string of the molecule is COc1ccc(COC(=O)C2C(C(=O)O)[C@@H]3CC[C@H]2O3)cc1. The first-order chi connectivity index (χ1) is 10.6. The quantitative estimate of drug-likeness (QED) is 0.832. The van der Waals surface area contributed by atoms with Gasteiger partial charge in [-0.2, -0.15) is 0 Å². The molecular weight excluding hydrogens is 288 g/mol. The van der Waals surface area contributed by atoms with E-state index in [4.69, 9.17) is 14.2 Å². The molecule has 6 nitrogen and oxygen atoms in total. The van der Waals surface area contributed by atoms with Crippen molar-refractivity contribution in [3.05, 3.63) is 29.8 Å². The van der Waals surface area contributed by atoms with Crippen LogP contribution in [0.5, 0.6) is 5.75 Å². The monoisotopic (exact) mass is 306 g/mol. The van der Waals surface area contributed by atoms with E-state index in [2.05, 4.69) is 0 Å². The molecule has 118 valence electrons. The van der Waals surface area contributed by atoms with Gasteiger partial charge in [0.2, 0.25) is 0 Å². The molecule has 1 aromatic carbocycles. The molecule has 2 saturated heterocycles. The number of fused-ring (bicyclic) bond motifs is 2. The first-order valence-corrected chi connectivity index (χ1v) is 7.28. The minimum Gasteiger partial charge on any atom is -0.497 e. The Morgan fingerprint density at radius 2 is 1.82 bits per heavy atom. The van der Waals surface area contributed by atoms with E-state index in [0.29, 0.717) is 6.42 Å². The Kier molecular flexibility index (Phi) is 4.02. The highest BCUT2D eigenvalue weighted by Crippen LogP contribution is 2.44. The molecule has 0 saturated carbocycles. The Balaban J connectivity index is 1.62. The summed E-state index contributed by atoms with van der Waals surface area (Å²) in [4.78, 5) is 23.6. The van der Waals surface area contributed by atoms with Gasteiger partial charge in [-0.15, -0.1) is 0 Å². The van der Waals surface area contributed by atoms with Gasteiger partial charge in [0.15, 0.2) is 0 Å². The van der Waals surface area contributed by atoms with Crippen molar-refractivity contribution in [2.45, 2.75) is 31.7 Å². The normalized spacial score (nSPS) is 29.3. The third kappa shape index (κ3) is 2.66.